The maximum atomic E-state index is 10.1. The minimum absolute atomic E-state index is 0.530. The summed E-state index contributed by atoms with van der Waals surface area (Å²) in [5, 5.41) is 0. The molecule has 20 heteroatoms. The molecule has 0 spiro atoms. The Labute approximate surface area is 188 Å². The topological polar surface area (TPSA) is 184 Å². The zero-order valence-corrected chi connectivity index (χ0v) is 26.3. The van der Waals surface area contributed by atoms with Crippen molar-refractivity contribution < 1.29 is 83.8 Å². The molecule has 0 aliphatic heterocycles. The summed E-state index contributed by atoms with van der Waals surface area (Å²) in [6, 6.07) is 0. The first-order chi connectivity index (χ1) is 9.02. The maximum Gasteiger partial charge on any atom is 0.311 e. The Hall–Kier alpha value is 5.12. The molecule has 132 valence electrons. The Bertz CT molecular complexity index is 541. The van der Waals surface area contributed by atoms with Crippen LogP contribution in [0, 0.1) is 0 Å². The second-order valence-corrected chi connectivity index (χ2v) is 42.8. The van der Waals surface area contributed by atoms with Crippen molar-refractivity contribution in [2.24, 2.45) is 0 Å². The van der Waals surface area contributed by atoms with Crippen molar-refractivity contribution in [1.82, 2.24) is 0 Å². The van der Waals surface area contributed by atoms with Crippen LogP contribution in [-0.4, -0.2) is 25.9 Å². The average Bonchev–Trinajstić information content (AvgIpc) is 2.28. The molecule has 0 amide bonds. The van der Waals surface area contributed by atoms with E-state index in [2.05, 4.69) is 74.5 Å². The summed E-state index contributed by atoms with van der Waals surface area (Å²) in [5.41, 5.74) is 0. The average molecular weight is 1160 g/mol. The van der Waals surface area contributed by atoms with E-state index < -0.39 is 56.2 Å². The van der Waals surface area contributed by atoms with E-state index in [1.807, 2.05) is 0 Å². The second-order valence-electron chi connectivity index (χ2n) is 1.11. The van der Waals surface area contributed by atoms with E-state index in [0.717, 1.165) is 0 Å². The van der Waals surface area contributed by atoms with Gasteiger partial charge < -0.3 is 19.4 Å². The molecule has 20 heavy (non-hydrogen) atoms. The molecule has 9 nitrogen and oxygen atoms in total. The molecule has 0 saturated heterocycles. The molecular formula is I7O9S4-5. The summed E-state index contributed by atoms with van der Waals surface area (Å²) in [4.78, 5) is 0. The monoisotopic (exact) mass is 1160 g/mol. The van der Waals surface area contributed by atoms with Gasteiger partial charge in [-0.3, -0.25) is 10.0 Å². The van der Waals surface area contributed by atoms with Crippen LogP contribution in [0.25, 0.3) is 0 Å². The van der Waals surface area contributed by atoms with Crippen LogP contribution in [0.2, 0.25) is 0 Å². The molecule has 0 heterocycles. The number of halogens is 7. The van der Waals surface area contributed by atoms with Crippen molar-refractivity contribution in [2.75, 3.05) is 0 Å². The molecule has 0 N–H and O–H groups in total. The molecular weight excluding hydrogens is 1160 g/mol. The second kappa shape index (κ2) is 26.4. The van der Waals surface area contributed by atoms with Crippen molar-refractivity contribution >= 4 is 110 Å². The minimum atomic E-state index is -4.01. The van der Waals surface area contributed by atoms with Crippen molar-refractivity contribution in [1.29, 1.82) is 0 Å². The molecule has 0 saturated carbocycles. The van der Waals surface area contributed by atoms with Gasteiger partial charge in [-0.05, 0) is 0 Å². The predicted molar refractivity (Wildman–Crippen MR) is 90.2 cm³/mol. The first-order valence-electron chi connectivity index (χ1n) is 2.53. The molecule has 0 radical (unpaired) electrons. The summed E-state index contributed by atoms with van der Waals surface area (Å²) in [6.07, 6.45) is 0. The fourth-order valence-corrected chi connectivity index (χ4v) is 4.90. The van der Waals surface area contributed by atoms with Crippen LogP contribution in [0.5, 0.6) is 0 Å². The molecule has 0 aliphatic carbocycles. The van der Waals surface area contributed by atoms with Crippen LogP contribution in [0.3, 0.4) is 0 Å². The van der Waals surface area contributed by atoms with Gasteiger partial charge in [0.15, 0.2) is 0 Å². The van der Waals surface area contributed by atoms with Crippen LogP contribution >= 0.6 is 74.5 Å². The summed E-state index contributed by atoms with van der Waals surface area (Å²) >= 11 is 6.59. The SMILES string of the molecule is I[I-]I.I[I-]I.O=S(=O)=S(=O)=S(=O)=S([O-])[O-].[O-][I+2]([O-])[O-]. The molecule has 0 unspecified atom stereocenters. The smallest absolute Gasteiger partial charge is 0.311 e. The standard InChI is InChI=1S/2I3.IO3.O6S4/c2*1-3-2;2-1(3)4;1-7(2)9(5)10(6)8(3)4/q3*-1;-2. The van der Waals surface area contributed by atoms with E-state index in [-0.39, 0.29) is 0 Å². The molecule has 0 rings (SSSR count). The van der Waals surface area contributed by atoms with E-state index in [1.165, 1.54) is 0 Å². The van der Waals surface area contributed by atoms with Gasteiger partial charge in [-0.15, -0.1) is 0 Å². The fraction of sp³-hybridized carbons (Fsp3) is 0. The first-order valence-corrected chi connectivity index (χ1v) is 36.3. The Morgan fingerprint density at radius 2 is 0.950 bits per heavy atom. The Balaban J connectivity index is -0.000000106. The largest absolute Gasteiger partial charge is 0.805 e. The molecule has 0 aliphatic rings. The van der Waals surface area contributed by atoms with Crippen LogP contribution in [0.4, 0.5) is 0 Å². The van der Waals surface area contributed by atoms with Crippen LogP contribution in [-0.2, 0) is 35.1 Å². The van der Waals surface area contributed by atoms with Gasteiger partial charge in [-0.25, -0.2) is 4.21 Å². The van der Waals surface area contributed by atoms with Gasteiger partial charge in [-0.2, -0.15) is 12.6 Å². The Kier molecular flexibility index (Phi) is 43.2. The van der Waals surface area contributed by atoms with Crippen molar-refractivity contribution in [2.45, 2.75) is 0 Å². The zero-order chi connectivity index (χ0) is 17.3. The third-order valence-electron chi connectivity index (χ3n) is 0.333. The van der Waals surface area contributed by atoms with Gasteiger partial charge in [0.25, 0.3) is 21.1 Å². The van der Waals surface area contributed by atoms with Gasteiger partial charge >= 0.3 is 110 Å². The Morgan fingerprint density at radius 1 is 0.750 bits per heavy atom. The summed E-state index contributed by atoms with van der Waals surface area (Å²) in [6.45, 7) is 0. The molecule has 0 atom stereocenters. The first kappa shape index (κ1) is 32.8. The minimum Gasteiger partial charge on any atom is -0.805 e. The molecule has 0 aromatic carbocycles. The van der Waals surface area contributed by atoms with Crippen LogP contribution < -0.4 is 57.9 Å². The van der Waals surface area contributed by atoms with E-state index in [0.29, 0.717) is 26.5 Å². The zero-order valence-electron chi connectivity index (χ0n) is 7.95. The van der Waals surface area contributed by atoms with E-state index in [1.54, 1.807) is 0 Å². The van der Waals surface area contributed by atoms with Crippen LogP contribution in [0.1, 0.15) is 0 Å². The number of rotatable bonds is 0. The summed E-state index contributed by atoms with van der Waals surface area (Å²) in [5.74, 6) is 0. The number of hydrogen-bond acceptors (Lipinski definition) is 9. The van der Waals surface area contributed by atoms with Gasteiger partial charge in [0.05, 0.1) is 0 Å². The predicted octanol–water partition coefficient (Wildman–Crippen LogP) is -11.0. The third-order valence-corrected chi connectivity index (χ3v) is 8.00. The summed E-state index contributed by atoms with van der Waals surface area (Å²) < 4.78 is 84.6. The van der Waals surface area contributed by atoms with Crippen LogP contribution in [0.15, 0.2) is 0 Å². The van der Waals surface area contributed by atoms with Gasteiger partial charge in [0.2, 0.25) is 7.92 Å². The van der Waals surface area contributed by atoms with Gasteiger partial charge in [-0.1, -0.05) is 0 Å². The number of hydrogen-bond donors (Lipinski definition) is 0. The normalized spacial score (nSPS) is 8.75. The maximum absolute atomic E-state index is 10.1. The molecule has 0 aromatic rings. The quantitative estimate of drug-likeness (QED) is 0.213. The third kappa shape index (κ3) is 38.6. The fourth-order valence-electron chi connectivity index (χ4n) is 0.0907. The van der Waals surface area contributed by atoms with E-state index >= 15 is 0 Å². The van der Waals surface area contributed by atoms with Gasteiger partial charge in [0, 0.05) is 0 Å². The molecule has 0 bridgehead atoms. The van der Waals surface area contributed by atoms with E-state index in [4.69, 9.17) is 10.3 Å². The Morgan fingerprint density at radius 3 is 1.00 bits per heavy atom. The molecule has 0 fully saturated rings. The summed E-state index contributed by atoms with van der Waals surface area (Å²) in [7, 11) is -12.0. The molecule has 0 aromatic heterocycles. The van der Waals surface area contributed by atoms with Crippen molar-refractivity contribution in [3.8, 4) is 0 Å². The van der Waals surface area contributed by atoms with Gasteiger partial charge in [0.1, 0.15) is 7.92 Å². The van der Waals surface area contributed by atoms with Crippen molar-refractivity contribution in [3.63, 3.8) is 0 Å². The van der Waals surface area contributed by atoms with Crippen molar-refractivity contribution in [3.05, 3.63) is 0 Å². The van der Waals surface area contributed by atoms with E-state index in [9.17, 15) is 25.9 Å².